The van der Waals surface area contributed by atoms with Crippen LogP contribution in [0.1, 0.15) is 31.2 Å². The Morgan fingerprint density at radius 2 is 2.25 bits per heavy atom. The summed E-state index contributed by atoms with van der Waals surface area (Å²) in [5.41, 5.74) is 7.23. The molecule has 0 unspecified atom stereocenters. The van der Waals surface area contributed by atoms with Gasteiger partial charge in [0.25, 0.3) is 0 Å². The van der Waals surface area contributed by atoms with Crippen molar-refractivity contribution < 1.29 is 4.79 Å². The van der Waals surface area contributed by atoms with Crippen LogP contribution in [0.5, 0.6) is 0 Å². The third-order valence-corrected chi connectivity index (χ3v) is 5.69. The summed E-state index contributed by atoms with van der Waals surface area (Å²) in [6.45, 7) is 3.78. The van der Waals surface area contributed by atoms with E-state index in [1.807, 2.05) is 17.0 Å². The van der Waals surface area contributed by atoms with Gasteiger partial charge in [0.05, 0.1) is 5.92 Å². The molecule has 3 atom stereocenters. The number of rotatable bonds is 2. The van der Waals surface area contributed by atoms with Gasteiger partial charge in [-0.2, -0.15) is 0 Å². The molecular weight excluding hydrogens is 268 g/mol. The monoisotopic (exact) mass is 290 g/mol. The number of benzene rings is 1. The molecule has 2 N–H and O–H groups in total. The van der Waals surface area contributed by atoms with Gasteiger partial charge in [0.2, 0.25) is 5.91 Å². The fraction of sp³-hybridized carbons (Fsp3) is 0.562. The summed E-state index contributed by atoms with van der Waals surface area (Å²) >= 11 is 1.80. The highest BCUT2D eigenvalue weighted by Gasteiger charge is 2.34. The number of likely N-dealkylation sites (tertiary alicyclic amines) is 1. The maximum absolute atomic E-state index is 12.8. The zero-order valence-corrected chi connectivity index (χ0v) is 12.7. The Morgan fingerprint density at radius 1 is 1.45 bits per heavy atom. The molecule has 2 aliphatic rings. The predicted molar refractivity (Wildman–Crippen MR) is 82.9 cm³/mol. The van der Waals surface area contributed by atoms with E-state index in [1.54, 1.807) is 11.8 Å². The van der Waals surface area contributed by atoms with Crippen molar-refractivity contribution in [1.82, 2.24) is 4.90 Å². The van der Waals surface area contributed by atoms with Gasteiger partial charge in [0.15, 0.2) is 0 Å². The third-order valence-electron chi connectivity index (χ3n) is 4.51. The SMILES string of the molecule is C[C@H](N)[C@H]1CCCN(C(=O)[C@@H]2CSc3ccccc32)C1. The van der Waals surface area contributed by atoms with Crippen LogP contribution in [0, 0.1) is 5.92 Å². The van der Waals surface area contributed by atoms with Crippen molar-refractivity contribution in [3.05, 3.63) is 29.8 Å². The molecule has 4 heteroatoms. The van der Waals surface area contributed by atoms with E-state index in [9.17, 15) is 4.79 Å². The first-order valence-electron chi connectivity index (χ1n) is 7.43. The molecule has 0 saturated carbocycles. The summed E-state index contributed by atoms with van der Waals surface area (Å²) in [7, 11) is 0. The number of nitrogens with two attached hydrogens (primary N) is 1. The van der Waals surface area contributed by atoms with Crippen LogP contribution < -0.4 is 5.73 Å². The summed E-state index contributed by atoms with van der Waals surface area (Å²) < 4.78 is 0. The van der Waals surface area contributed by atoms with Crippen LogP contribution in [0.3, 0.4) is 0 Å². The smallest absolute Gasteiger partial charge is 0.231 e. The second-order valence-electron chi connectivity index (χ2n) is 5.95. The number of hydrogen-bond acceptors (Lipinski definition) is 3. The fourth-order valence-electron chi connectivity index (χ4n) is 3.23. The van der Waals surface area contributed by atoms with Crippen LogP contribution in [0.15, 0.2) is 29.2 Å². The molecule has 0 aliphatic carbocycles. The Kier molecular flexibility index (Phi) is 4.03. The lowest BCUT2D eigenvalue weighted by atomic mass is 9.90. The van der Waals surface area contributed by atoms with Crippen LogP contribution in [0.25, 0.3) is 0 Å². The second kappa shape index (κ2) is 5.78. The quantitative estimate of drug-likeness (QED) is 0.910. The zero-order valence-electron chi connectivity index (χ0n) is 11.9. The minimum atomic E-state index is 0.0445. The van der Waals surface area contributed by atoms with Gasteiger partial charge in [-0.05, 0) is 37.3 Å². The minimum Gasteiger partial charge on any atom is -0.342 e. The lowest BCUT2D eigenvalue weighted by molar-refractivity contribution is -0.134. The van der Waals surface area contributed by atoms with E-state index in [-0.39, 0.29) is 12.0 Å². The number of fused-ring (bicyclic) bond motifs is 1. The molecule has 1 amide bonds. The molecule has 0 bridgehead atoms. The van der Waals surface area contributed by atoms with Crippen LogP contribution in [-0.2, 0) is 4.79 Å². The molecule has 1 saturated heterocycles. The average molecular weight is 290 g/mol. The molecule has 0 radical (unpaired) electrons. The molecule has 0 spiro atoms. The maximum atomic E-state index is 12.8. The number of amides is 1. The fourth-order valence-corrected chi connectivity index (χ4v) is 4.45. The van der Waals surface area contributed by atoms with E-state index in [1.165, 1.54) is 10.5 Å². The number of carbonyl (C=O) groups excluding carboxylic acids is 1. The standard InChI is InChI=1S/C16H22N2OS/c1-11(17)12-5-4-8-18(9-12)16(19)14-10-20-15-7-3-2-6-13(14)15/h2-3,6-7,11-12,14H,4-5,8-10,17H2,1H3/t11-,12-,14+/m0/s1. The van der Waals surface area contributed by atoms with Gasteiger partial charge >= 0.3 is 0 Å². The number of carbonyl (C=O) groups is 1. The van der Waals surface area contributed by atoms with Gasteiger partial charge in [0.1, 0.15) is 0 Å². The molecule has 1 aromatic carbocycles. The molecular formula is C16H22N2OS. The van der Waals surface area contributed by atoms with Crippen molar-refractivity contribution in [1.29, 1.82) is 0 Å². The van der Waals surface area contributed by atoms with Gasteiger partial charge in [0, 0.05) is 29.8 Å². The van der Waals surface area contributed by atoms with E-state index in [0.29, 0.717) is 11.8 Å². The number of thioether (sulfide) groups is 1. The molecule has 3 rings (SSSR count). The summed E-state index contributed by atoms with van der Waals surface area (Å²) in [6, 6.07) is 8.48. The van der Waals surface area contributed by atoms with E-state index in [4.69, 9.17) is 5.73 Å². The van der Waals surface area contributed by atoms with Gasteiger partial charge < -0.3 is 10.6 Å². The van der Waals surface area contributed by atoms with Crippen molar-refractivity contribution in [3.63, 3.8) is 0 Å². The van der Waals surface area contributed by atoms with E-state index in [2.05, 4.69) is 19.1 Å². The molecule has 2 aliphatic heterocycles. The molecule has 0 aromatic heterocycles. The van der Waals surface area contributed by atoms with Gasteiger partial charge in [-0.15, -0.1) is 11.8 Å². The van der Waals surface area contributed by atoms with Gasteiger partial charge in [-0.25, -0.2) is 0 Å². The second-order valence-corrected chi connectivity index (χ2v) is 7.01. The highest BCUT2D eigenvalue weighted by atomic mass is 32.2. The van der Waals surface area contributed by atoms with Gasteiger partial charge in [-0.1, -0.05) is 18.2 Å². The molecule has 3 nitrogen and oxygen atoms in total. The first-order valence-corrected chi connectivity index (χ1v) is 8.41. The van der Waals surface area contributed by atoms with E-state index < -0.39 is 0 Å². The Balaban J connectivity index is 1.74. The Morgan fingerprint density at radius 3 is 3.05 bits per heavy atom. The number of nitrogens with zero attached hydrogens (tertiary/aromatic N) is 1. The first kappa shape index (κ1) is 14.0. The van der Waals surface area contributed by atoms with Crippen molar-refractivity contribution in [3.8, 4) is 0 Å². The van der Waals surface area contributed by atoms with Gasteiger partial charge in [-0.3, -0.25) is 4.79 Å². The number of hydrogen-bond donors (Lipinski definition) is 1. The van der Waals surface area contributed by atoms with Crippen LogP contribution >= 0.6 is 11.8 Å². The topological polar surface area (TPSA) is 46.3 Å². The molecule has 108 valence electrons. The zero-order chi connectivity index (χ0) is 14.1. The highest BCUT2D eigenvalue weighted by Crippen LogP contribution is 2.40. The van der Waals surface area contributed by atoms with Crippen LogP contribution in [0.2, 0.25) is 0 Å². The van der Waals surface area contributed by atoms with Crippen molar-refractivity contribution in [2.45, 2.75) is 36.6 Å². The van der Waals surface area contributed by atoms with Crippen molar-refractivity contribution >= 4 is 17.7 Å². The first-order chi connectivity index (χ1) is 9.66. The third kappa shape index (κ3) is 2.59. The minimum absolute atomic E-state index is 0.0445. The van der Waals surface area contributed by atoms with E-state index in [0.717, 1.165) is 31.7 Å². The normalized spacial score (nSPS) is 27.2. The molecule has 1 aromatic rings. The number of piperidine rings is 1. The molecule has 20 heavy (non-hydrogen) atoms. The summed E-state index contributed by atoms with van der Waals surface area (Å²) in [6.07, 6.45) is 2.23. The molecule has 2 heterocycles. The highest BCUT2D eigenvalue weighted by molar-refractivity contribution is 7.99. The Labute approximate surface area is 124 Å². The predicted octanol–water partition coefficient (Wildman–Crippen LogP) is 2.46. The molecule has 1 fully saturated rings. The summed E-state index contributed by atoms with van der Waals surface area (Å²) in [5.74, 6) is 1.69. The van der Waals surface area contributed by atoms with Crippen LogP contribution in [-0.4, -0.2) is 35.7 Å². The van der Waals surface area contributed by atoms with Crippen molar-refractivity contribution in [2.24, 2.45) is 11.7 Å². The van der Waals surface area contributed by atoms with E-state index >= 15 is 0 Å². The Bertz CT molecular complexity index is 503. The van der Waals surface area contributed by atoms with Crippen LogP contribution in [0.4, 0.5) is 0 Å². The average Bonchev–Trinajstić information content (AvgIpc) is 2.90. The maximum Gasteiger partial charge on any atom is 0.231 e. The lowest BCUT2D eigenvalue weighted by Gasteiger charge is -2.36. The summed E-state index contributed by atoms with van der Waals surface area (Å²) in [5, 5.41) is 0. The largest absolute Gasteiger partial charge is 0.342 e. The van der Waals surface area contributed by atoms with Crippen molar-refractivity contribution in [2.75, 3.05) is 18.8 Å². The summed E-state index contributed by atoms with van der Waals surface area (Å²) in [4.78, 5) is 16.1. The lowest BCUT2D eigenvalue weighted by Crippen LogP contribution is -2.46. The Hall–Kier alpha value is -1.00.